The van der Waals surface area contributed by atoms with Gasteiger partial charge in [-0.25, -0.2) is 4.79 Å². The number of fused-ring (bicyclic) bond motifs is 1. The third-order valence-corrected chi connectivity index (χ3v) is 4.64. The minimum absolute atomic E-state index is 0.112. The molecule has 1 aliphatic heterocycles. The Morgan fingerprint density at radius 2 is 2.30 bits per heavy atom. The Labute approximate surface area is 117 Å². The lowest BCUT2D eigenvalue weighted by Crippen LogP contribution is -2.43. The van der Waals surface area contributed by atoms with Crippen LogP contribution < -0.4 is 0 Å². The third kappa shape index (κ3) is 1.99. The van der Waals surface area contributed by atoms with Crippen molar-refractivity contribution in [1.82, 2.24) is 15.1 Å². The number of aryl methyl sites for hydroxylation is 1. The SMILES string of the molecule is CCc1cc(C(=O)N2CC3CCCC3C2C(=O)O)n[nH]1. The molecule has 0 bridgehead atoms. The molecule has 1 aromatic rings. The highest BCUT2D eigenvalue weighted by Gasteiger charge is 2.49. The zero-order valence-electron chi connectivity index (χ0n) is 11.5. The van der Waals surface area contributed by atoms with Crippen molar-refractivity contribution in [2.45, 2.75) is 38.6 Å². The minimum Gasteiger partial charge on any atom is -0.480 e. The van der Waals surface area contributed by atoms with E-state index in [-0.39, 0.29) is 11.8 Å². The molecular weight excluding hydrogens is 258 g/mol. The molecule has 3 atom stereocenters. The first-order valence-electron chi connectivity index (χ1n) is 7.20. The molecule has 1 amide bonds. The minimum atomic E-state index is -0.890. The van der Waals surface area contributed by atoms with Crippen molar-refractivity contribution in [3.05, 3.63) is 17.5 Å². The number of aromatic amines is 1. The normalized spacial score (nSPS) is 28.6. The summed E-state index contributed by atoms with van der Waals surface area (Å²) in [5.74, 6) is -0.701. The molecule has 6 heteroatoms. The lowest BCUT2D eigenvalue weighted by molar-refractivity contribution is -0.142. The standard InChI is InChI=1S/C14H19N3O3/c1-2-9-6-11(16-15-9)13(18)17-7-8-4-3-5-10(8)12(17)14(19)20/h6,8,10,12H,2-5,7H2,1H3,(H,15,16)(H,19,20). The molecule has 2 N–H and O–H groups in total. The van der Waals surface area contributed by atoms with E-state index in [1.807, 2.05) is 6.92 Å². The fourth-order valence-corrected chi connectivity index (χ4v) is 3.63. The number of amides is 1. The van der Waals surface area contributed by atoms with E-state index < -0.39 is 12.0 Å². The topological polar surface area (TPSA) is 86.3 Å². The zero-order valence-corrected chi connectivity index (χ0v) is 11.5. The highest BCUT2D eigenvalue weighted by molar-refractivity contribution is 5.95. The number of hydrogen-bond donors (Lipinski definition) is 2. The lowest BCUT2D eigenvalue weighted by atomic mass is 9.94. The van der Waals surface area contributed by atoms with Crippen molar-refractivity contribution in [2.24, 2.45) is 11.8 Å². The summed E-state index contributed by atoms with van der Waals surface area (Å²) in [6.07, 6.45) is 3.78. The van der Waals surface area contributed by atoms with E-state index in [1.54, 1.807) is 6.07 Å². The number of likely N-dealkylation sites (tertiary alicyclic amines) is 1. The molecule has 1 aliphatic carbocycles. The van der Waals surface area contributed by atoms with Crippen LogP contribution >= 0.6 is 0 Å². The largest absolute Gasteiger partial charge is 0.480 e. The predicted molar refractivity (Wildman–Crippen MR) is 71.3 cm³/mol. The van der Waals surface area contributed by atoms with Gasteiger partial charge in [-0.3, -0.25) is 9.89 Å². The second-order valence-electron chi connectivity index (χ2n) is 5.73. The van der Waals surface area contributed by atoms with Gasteiger partial charge in [-0.05, 0) is 37.2 Å². The van der Waals surface area contributed by atoms with Crippen molar-refractivity contribution < 1.29 is 14.7 Å². The molecule has 2 heterocycles. The molecule has 20 heavy (non-hydrogen) atoms. The van der Waals surface area contributed by atoms with E-state index in [1.165, 1.54) is 4.90 Å². The monoisotopic (exact) mass is 277 g/mol. The van der Waals surface area contributed by atoms with E-state index in [2.05, 4.69) is 10.2 Å². The fraction of sp³-hybridized carbons (Fsp3) is 0.643. The summed E-state index contributed by atoms with van der Waals surface area (Å²) >= 11 is 0. The molecule has 2 aliphatic rings. The molecule has 1 saturated heterocycles. The number of aromatic nitrogens is 2. The summed E-state index contributed by atoms with van der Waals surface area (Å²) < 4.78 is 0. The Hall–Kier alpha value is -1.85. The number of hydrogen-bond acceptors (Lipinski definition) is 3. The highest BCUT2D eigenvalue weighted by Crippen LogP contribution is 2.42. The zero-order chi connectivity index (χ0) is 14.3. The number of nitrogens with zero attached hydrogens (tertiary/aromatic N) is 2. The quantitative estimate of drug-likeness (QED) is 0.871. The van der Waals surface area contributed by atoms with Gasteiger partial charge in [0.1, 0.15) is 11.7 Å². The van der Waals surface area contributed by atoms with Crippen molar-refractivity contribution in [3.8, 4) is 0 Å². The number of H-pyrrole nitrogens is 1. The van der Waals surface area contributed by atoms with E-state index in [0.717, 1.165) is 31.4 Å². The lowest BCUT2D eigenvalue weighted by Gasteiger charge is -2.23. The number of carbonyl (C=O) groups is 2. The summed E-state index contributed by atoms with van der Waals surface area (Å²) in [4.78, 5) is 25.5. The fourth-order valence-electron chi connectivity index (χ4n) is 3.63. The first-order chi connectivity index (χ1) is 9.61. The van der Waals surface area contributed by atoms with Crippen molar-refractivity contribution >= 4 is 11.9 Å². The van der Waals surface area contributed by atoms with Crippen molar-refractivity contribution in [2.75, 3.05) is 6.54 Å². The van der Waals surface area contributed by atoms with E-state index in [0.29, 0.717) is 18.2 Å². The number of carboxylic acid groups (broad SMARTS) is 1. The van der Waals surface area contributed by atoms with E-state index in [9.17, 15) is 14.7 Å². The van der Waals surface area contributed by atoms with Crippen LogP contribution in [0.25, 0.3) is 0 Å². The number of rotatable bonds is 3. The van der Waals surface area contributed by atoms with Gasteiger partial charge in [-0.1, -0.05) is 13.3 Å². The maximum Gasteiger partial charge on any atom is 0.326 e. The van der Waals surface area contributed by atoms with Gasteiger partial charge in [0.25, 0.3) is 5.91 Å². The molecule has 3 unspecified atom stereocenters. The van der Waals surface area contributed by atoms with Gasteiger partial charge < -0.3 is 10.0 Å². The van der Waals surface area contributed by atoms with Gasteiger partial charge >= 0.3 is 5.97 Å². The smallest absolute Gasteiger partial charge is 0.326 e. The van der Waals surface area contributed by atoms with Gasteiger partial charge in [0.05, 0.1) is 0 Å². The molecule has 0 spiro atoms. The number of aliphatic carboxylic acids is 1. The second-order valence-corrected chi connectivity index (χ2v) is 5.73. The number of carboxylic acids is 1. The molecule has 108 valence electrons. The van der Waals surface area contributed by atoms with Crippen LogP contribution in [0.1, 0.15) is 42.4 Å². The van der Waals surface area contributed by atoms with Gasteiger partial charge in [0.2, 0.25) is 0 Å². The van der Waals surface area contributed by atoms with Crippen LogP contribution in [0.2, 0.25) is 0 Å². The molecule has 3 rings (SSSR count). The average Bonchev–Trinajstić information content (AvgIpc) is 3.11. The number of nitrogens with one attached hydrogen (secondary N) is 1. The Balaban J connectivity index is 1.85. The first kappa shape index (κ1) is 13.1. The van der Waals surface area contributed by atoms with Crippen LogP contribution in [-0.4, -0.2) is 44.7 Å². The molecule has 1 aromatic heterocycles. The summed E-state index contributed by atoms with van der Waals surface area (Å²) in [6, 6.07) is 1.03. The van der Waals surface area contributed by atoms with Crippen molar-refractivity contribution in [1.29, 1.82) is 0 Å². The van der Waals surface area contributed by atoms with Crippen LogP contribution in [0.3, 0.4) is 0 Å². The van der Waals surface area contributed by atoms with E-state index >= 15 is 0 Å². The molecular formula is C14H19N3O3. The Bertz CT molecular complexity index is 540. The predicted octanol–water partition coefficient (Wildman–Crippen LogP) is 1.30. The summed E-state index contributed by atoms with van der Waals surface area (Å²) in [5, 5.41) is 16.3. The molecule has 0 aromatic carbocycles. The van der Waals surface area contributed by atoms with Gasteiger partial charge in [-0.2, -0.15) is 5.10 Å². The molecule has 1 saturated carbocycles. The Morgan fingerprint density at radius 3 is 2.95 bits per heavy atom. The van der Waals surface area contributed by atoms with E-state index in [4.69, 9.17) is 0 Å². The first-order valence-corrected chi connectivity index (χ1v) is 7.20. The third-order valence-electron chi connectivity index (χ3n) is 4.64. The molecule has 0 radical (unpaired) electrons. The van der Waals surface area contributed by atoms with Crippen LogP contribution in [0, 0.1) is 11.8 Å². The van der Waals surface area contributed by atoms with Gasteiger partial charge in [0, 0.05) is 12.2 Å². The maximum atomic E-state index is 12.5. The Morgan fingerprint density at radius 1 is 1.50 bits per heavy atom. The van der Waals surface area contributed by atoms with Crippen molar-refractivity contribution in [3.63, 3.8) is 0 Å². The Kier molecular flexibility index (Phi) is 3.23. The number of carbonyl (C=O) groups excluding carboxylic acids is 1. The highest BCUT2D eigenvalue weighted by atomic mass is 16.4. The second kappa shape index (κ2) is 4.92. The molecule has 6 nitrogen and oxygen atoms in total. The van der Waals surface area contributed by atoms with Crippen LogP contribution in [0.4, 0.5) is 0 Å². The van der Waals surface area contributed by atoms with Crippen LogP contribution in [0.15, 0.2) is 6.07 Å². The maximum absolute atomic E-state index is 12.5. The average molecular weight is 277 g/mol. The summed E-state index contributed by atoms with van der Waals surface area (Å²) in [7, 11) is 0. The summed E-state index contributed by atoms with van der Waals surface area (Å²) in [5.41, 5.74) is 1.22. The summed E-state index contributed by atoms with van der Waals surface area (Å²) in [6.45, 7) is 2.52. The van der Waals surface area contributed by atoms with Crippen LogP contribution in [-0.2, 0) is 11.2 Å². The van der Waals surface area contributed by atoms with Crippen LogP contribution in [0.5, 0.6) is 0 Å². The van der Waals surface area contributed by atoms with Gasteiger partial charge in [-0.15, -0.1) is 0 Å². The van der Waals surface area contributed by atoms with Gasteiger partial charge in [0.15, 0.2) is 0 Å². The molecule has 2 fully saturated rings.